The molecule has 0 aliphatic carbocycles. The lowest BCUT2D eigenvalue weighted by molar-refractivity contribution is 0.0745. The van der Waals surface area contributed by atoms with Crippen molar-refractivity contribution in [2.75, 3.05) is 6.54 Å². The molecule has 138 valence electrons. The molecule has 0 N–H and O–H groups in total. The van der Waals surface area contributed by atoms with Gasteiger partial charge >= 0.3 is 0 Å². The van der Waals surface area contributed by atoms with Crippen molar-refractivity contribution in [2.45, 2.75) is 13.5 Å². The van der Waals surface area contributed by atoms with Crippen LogP contribution in [0.3, 0.4) is 0 Å². The molecule has 1 aromatic heterocycles. The first-order chi connectivity index (χ1) is 13.0. The van der Waals surface area contributed by atoms with Crippen LogP contribution in [0.15, 0.2) is 59.6 Å². The summed E-state index contributed by atoms with van der Waals surface area (Å²) in [5, 5.41) is 4.71. The first-order valence-corrected chi connectivity index (χ1v) is 8.98. The van der Waals surface area contributed by atoms with Gasteiger partial charge in [0, 0.05) is 17.7 Å². The summed E-state index contributed by atoms with van der Waals surface area (Å²) < 4.78 is 5.32. The predicted octanol–water partition coefficient (Wildman–Crippen LogP) is 5.18. The highest BCUT2D eigenvalue weighted by atomic mass is 35.5. The number of aromatic nitrogens is 2. The normalized spacial score (nSPS) is 10.6. The van der Waals surface area contributed by atoms with Crippen LogP contribution < -0.4 is 0 Å². The minimum Gasteiger partial charge on any atom is -0.337 e. The Labute approximate surface area is 167 Å². The van der Waals surface area contributed by atoms with Gasteiger partial charge in [-0.2, -0.15) is 4.98 Å². The molecule has 7 heteroatoms. The van der Waals surface area contributed by atoms with Crippen molar-refractivity contribution in [1.82, 2.24) is 15.0 Å². The number of hydrogen-bond acceptors (Lipinski definition) is 4. The van der Waals surface area contributed by atoms with Crippen LogP contribution in [0, 0.1) is 6.92 Å². The van der Waals surface area contributed by atoms with E-state index in [1.165, 1.54) is 6.07 Å². The Kier molecular flexibility index (Phi) is 5.94. The fourth-order valence-electron chi connectivity index (χ4n) is 2.49. The van der Waals surface area contributed by atoms with Gasteiger partial charge in [0.15, 0.2) is 0 Å². The van der Waals surface area contributed by atoms with Crippen molar-refractivity contribution >= 4 is 29.1 Å². The van der Waals surface area contributed by atoms with Gasteiger partial charge in [-0.15, -0.1) is 6.58 Å². The Bertz CT molecular complexity index is 968. The van der Waals surface area contributed by atoms with Crippen molar-refractivity contribution in [3.05, 3.63) is 82.2 Å². The molecule has 27 heavy (non-hydrogen) atoms. The largest absolute Gasteiger partial charge is 0.337 e. The topological polar surface area (TPSA) is 59.2 Å². The summed E-state index contributed by atoms with van der Waals surface area (Å²) in [5.74, 6) is 0.579. The zero-order chi connectivity index (χ0) is 19.4. The molecule has 1 amide bonds. The summed E-state index contributed by atoms with van der Waals surface area (Å²) in [6.45, 7) is 6.19. The highest BCUT2D eigenvalue weighted by Gasteiger charge is 2.19. The van der Waals surface area contributed by atoms with Crippen molar-refractivity contribution in [3.8, 4) is 11.4 Å². The molecule has 0 bridgehead atoms. The molecule has 0 saturated carbocycles. The molecule has 0 saturated heterocycles. The number of benzene rings is 2. The van der Waals surface area contributed by atoms with E-state index in [9.17, 15) is 4.79 Å². The maximum Gasteiger partial charge on any atom is 0.254 e. The highest BCUT2D eigenvalue weighted by Crippen LogP contribution is 2.24. The molecule has 5 nitrogen and oxygen atoms in total. The van der Waals surface area contributed by atoms with Crippen molar-refractivity contribution < 1.29 is 9.32 Å². The lowest BCUT2D eigenvalue weighted by Crippen LogP contribution is -2.30. The van der Waals surface area contributed by atoms with Gasteiger partial charge in [-0.05, 0) is 25.1 Å². The van der Waals surface area contributed by atoms with Crippen LogP contribution in [0.25, 0.3) is 11.4 Å². The maximum atomic E-state index is 12.8. The molecule has 1 heterocycles. The number of amides is 1. The maximum absolute atomic E-state index is 12.8. The fourth-order valence-corrected chi connectivity index (χ4v) is 2.79. The van der Waals surface area contributed by atoms with Gasteiger partial charge in [0.1, 0.15) is 6.54 Å². The molecule has 0 aliphatic heterocycles. The number of hydrogen-bond donors (Lipinski definition) is 0. The van der Waals surface area contributed by atoms with E-state index in [0.29, 0.717) is 33.9 Å². The van der Waals surface area contributed by atoms with E-state index in [2.05, 4.69) is 16.7 Å². The average Bonchev–Trinajstić information content (AvgIpc) is 3.12. The second kappa shape index (κ2) is 8.37. The molecule has 0 radical (unpaired) electrons. The molecule has 0 unspecified atom stereocenters. The summed E-state index contributed by atoms with van der Waals surface area (Å²) >= 11 is 11.9. The van der Waals surface area contributed by atoms with Crippen LogP contribution in [-0.2, 0) is 6.54 Å². The summed E-state index contributed by atoms with van der Waals surface area (Å²) in [6.07, 6.45) is 1.63. The number of carbonyl (C=O) groups is 1. The molecular weight excluding hydrogens is 385 g/mol. The van der Waals surface area contributed by atoms with Crippen LogP contribution in [0.5, 0.6) is 0 Å². The van der Waals surface area contributed by atoms with Gasteiger partial charge in [-0.3, -0.25) is 4.79 Å². The zero-order valence-corrected chi connectivity index (χ0v) is 16.2. The minimum atomic E-state index is -0.233. The summed E-state index contributed by atoms with van der Waals surface area (Å²) in [4.78, 5) is 18.7. The number of carbonyl (C=O) groups excluding carboxylic acids is 1. The number of halogens is 2. The second-order valence-electron chi connectivity index (χ2n) is 5.98. The Morgan fingerprint density at radius 3 is 2.59 bits per heavy atom. The highest BCUT2D eigenvalue weighted by molar-refractivity contribution is 6.42. The second-order valence-corrected chi connectivity index (χ2v) is 6.80. The lowest BCUT2D eigenvalue weighted by atomic mass is 10.1. The average molecular weight is 402 g/mol. The third kappa shape index (κ3) is 4.56. The number of aryl methyl sites for hydroxylation is 1. The smallest absolute Gasteiger partial charge is 0.254 e. The van der Waals surface area contributed by atoms with E-state index >= 15 is 0 Å². The van der Waals surface area contributed by atoms with E-state index in [0.717, 1.165) is 11.1 Å². The predicted molar refractivity (Wildman–Crippen MR) is 106 cm³/mol. The van der Waals surface area contributed by atoms with Crippen molar-refractivity contribution in [3.63, 3.8) is 0 Å². The van der Waals surface area contributed by atoms with Gasteiger partial charge in [0.25, 0.3) is 5.91 Å². The molecule has 0 spiro atoms. The van der Waals surface area contributed by atoms with Gasteiger partial charge in [-0.1, -0.05) is 64.3 Å². The Hall–Kier alpha value is -2.63. The standard InChI is InChI=1S/C20H17Cl2N3O2/c1-3-10-25(20(26)15-8-9-16(21)17(22)11-15)12-18-23-19(24-27-18)14-6-4-13(2)5-7-14/h3-9,11H,1,10,12H2,2H3. The molecule has 0 aliphatic rings. The first kappa shape index (κ1) is 19.1. The number of rotatable bonds is 6. The summed E-state index contributed by atoms with van der Waals surface area (Å²) in [7, 11) is 0. The van der Waals surface area contributed by atoms with Crippen LogP contribution >= 0.6 is 23.2 Å². The first-order valence-electron chi connectivity index (χ1n) is 8.23. The van der Waals surface area contributed by atoms with E-state index in [-0.39, 0.29) is 12.5 Å². The fraction of sp³-hybridized carbons (Fsp3) is 0.150. The quantitative estimate of drug-likeness (QED) is 0.533. The van der Waals surface area contributed by atoms with Gasteiger partial charge in [0.05, 0.1) is 10.0 Å². The van der Waals surface area contributed by atoms with Crippen LogP contribution in [0.4, 0.5) is 0 Å². The third-order valence-electron chi connectivity index (χ3n) is 3.91. The lowest BCUT2D eigenvalue weighted by Gasteiger charge is -2.19. The molecule has 3 rings (SSSR count). The SMILES string of the molecule is C=CCN(Cc1nc(-c2ccc(C)cc2)no1)C(=O)c1ccc(Cl)c(Cl)c1. The Morgan fingerprint density at radius 2 is 1.93 bits per heavy atom. The van der Waals surface area contributed by atoms with E-state index in [1.54, 1.807) is 23.1 Å². The van der Waals surface area contributed by atoms with E-state index in [4.69, 9.17) is 27.7 Å². The summed E-state index contributed by atoms with van der Waals surface area (Å²) in [5.41, 5.74) is 2.41. The van der Waals surface area contributed by atoms with Gasteiger partial charge in [0.2, 0.25) is 11.7 Å². The third-order valence-corrected chi connectivity index (χ3v) is 4.65. The van der Waals surface area contributed by atoms with Crippen LogP contribution in [0.2, 0.25) is 10.0 Å². The number of nitrogens with zero attached hydrogens (tertiary/aromatic N) is 3. The minimum absolute atomic E-state index is 0.157. The molecule has 3 aromatic rings. The van der Waals surface area contributed by atoms with Gasteiger partial charge < -0.3 is 9.42 Å². The van der Waals surface area contributed by atoms with Crippen molar-refractivity contribution in [2.24, 2.45) is 0 Å². The van der Waals surface area contributed by atoms with Crippen LogP contribution in [0.1, 0.15) is 21.8 Å². The molecule has 0 atom stereocenters. The van der Waals surface area contributed by atoms with E-state index in [1.807, 2.05) is 31.2 Å². The Morgan fingerprint density at radius 1 is 1.19 bits per heavy atom. The monoisotopic (exact) mass is 401 g/mol. The van der Waals surface area contributed by atoms with E-state index < -0.39 is 0 Å². The van der Waals surface area contributed by atoms with Gasteiger partial charge in [-0.25, -0.2) is 0 Å². The molecular formula is C20H17Cl2N3O2. The van der Waals surface area contributed by atoms with Crippen molar-refractivity contribution in [1.29, 1.82) is 0 Å². The zero-order valence-electron chi connectivity index (χ0n) is 14.7. The Balaban J connectivity index is 1.80. The molecule has 2 aromatic carbocycles. The summed E-state index contributed by atoms with van der Waals surface area (Å²) in [6, 6.07) is 12.5. The van der Waals surface area contributed by atoms with Crippen LogP contribution in [-0.4, -0.2) is 27.5 Å². The molecule has 0 fully saturated rings.